The molecule has 0 bridgehead atoms. The van der Waals surface area contributed by atoms with Crippen LogP contribution in [0.4, 0.5) is 21.9 Å². The summed E-state index contributed by atoms with van der Waals surface area (Å²) in [5.41, 5.74) is 3.78. The quantitative estimate of drug-likeness (QED) is 0.645. The molecule has 0 fully saturated rings. The van der Waals surface area contributed by atoms with Crippen molar-refractivity contribution in [3.63, 3.8) is 0 Å². The van der Waals surface area contributed by atoms with Gasteiger partial charge in [-0.25, -0.2) is 4.79 Å². The molecule has 2 N–H and O–H groups in total. The molecule has 0 aliphatic carbocycles. The molecule has 0 radical (unpaired) electrons. The van der Waals surface area contributed by atoms with Gasteiger partial charge in [-0.05, 0) is 54.4 Å². The first kappa shape index (κ1) is 18.1. The van der Waals surface area contributed by atoms with Gasteiger partial charge in [-0.15, -0.1) is 0 Å². The second-order valence-corrected chi connectivity index (χ2v) is 6.94. The summed E-state index contributed by atoms with van der Waals surface area (Å²) in [6, 6.07) is 21.4. The van der Waals surface area contributed by atoms with Crippen molar-refractivity contribution in [2.45, 2.75) is 6.42 Å². The molecule has 3 amide bonds. The van der Waals surface area contributed by atoms with Gasteiger partial charge in [0.1, 0.15) is 0 Å². The van der Waals surface area contributed by atoms with Crippen LogP contribution in [-0.4, -0.2) is 18.5 Å². The second-order valence-electron chi connectivity index (χ2n) is 6.51. The highest BCUT2D eigenvalue weighted by atomic mass is 35.5. The maximum atomic E-state index is 12.8. The number of nitrogens with zero attached hydrogens (tertiary/aromatic N) is 1. The topological polar surface area (TPSA) is 61.4 Å². The van der Waals surface area contributed by atoms with E-state index in [-0.39, 0.29) is 11.9 Å². The van der Waals surface area contributed by atoms with Crippen molar-refractivity contribution < 1.29 is 9.59 Å². The van der Waals surface area contributed by atoms with Gasteiger partial charge in [0.25, 0.3) is 5.91 Å². The lowest BCUT2D eigenvalue weighted by atomic mass is 10.1. The second kappa shape index (κ2) is 7.74. The Morgan fingerprint density at radius 3 is 2.36 bits per heavy atom. The molecule has 140 valence electrons. The fourth-order valence-electron chi connectivity index (χ4n) is 3.26. The van der Waals surface area contributed by atoms with E-state index in [2.05, 4.69) is 10.6 Å². The maximum absolute atomic E-state index is 12.8. The largest absolute Gasteiger partial charge is 0.323 e. The third-order valence-corrected chi connectivity index (χ3v) is 4.82. The van der Waals surface area contributed by atoms with E-state index in [1.807, 2.05) is 36.4 Å². The van der Waals surface area contributed by atoms with E-state index in [4.69, 9.17) is 11.6 Å². The molecule has 0 spiro atoms. The van der Waals surface area contributed by atoms with Crippen LogP contribution in [0.25, 0.3) is 0 Å². The molecule has 0 saturated heterocycles. The van der Waals surface area contributed by atoms with E-state index in [1.54, 1.807) is 41.3 Å². The minimum Gasteiger partial charge on any atom is -0.308 e. The molecule has 28 heavy (non-hydrogen) atoms. The summed E-state index contributed by atoms with van der Waals surface area (Å²) in [6.07, 6.45) is 0.795. The predicted molar refractivity (Wildman–Crippen MR) is 112 cm³/mol. The standard InChI is InChI=1S/C22H18ClN3O2/c23-17-7-4-8-18(13-17)24-22(28)25-19-10-9-15-11-12-26(20(15)14-19)21(27)16-5-2-1-3-6-16/h1-10,13-14H,11-12H2,(H2,24,25,28). The Morgan fingerprint density at radius 1 is 0.857 bits per heavy atom. The number of hydrogen-bond donors (Lipinski definition) is 2. The Labute approximate surface area is 167 Å². The highest BCUT2D eigenvalue weighted by molar-refractivity contribution is 6.30. The van der Waals surface area contributed by atoms with Crippen molar-refractivity contribution >= 4 is 40.6 Å². The summed E-state index contributed by atoms with van der Waals surface area (Å²) in [4.78, 5) is 26.9. The zero-order valence-electron chi connectivity index (χ0n) is 15.0. The predicted octanol–water partition coefficient (Wildman–Crippen LogP) is 5.19. The summed E-state index contributed by atoms with van der Waals surface area (Å²) in [6.45, 7) is 0.626. The number of amides is 3. The molecular weight excluding hydrogens is 374 g/mol. The molecule has 0 saturated carbocycles. The number of anilines is 3. The van der Waals surface area contributed by atoms with Crippen molar-refractivity contribution in [1.82, 2.24) is 0 Å². The van der Waals surface area contributed by atoms with Gasteiger partial charge in [0, 0.05) is 34.2 Å². The highest BCUT2D eigenvalue weighted by Gasteiger charge is 2.25. The normalized spacial score (nSPS) is 12.4. The van der Waals surface area contributed by atoms with Crippen LogP contribution in [0.1, 0.15) is 15.9 Å². The van der Waals surface area contributed by atoms with Gasteiger partial charge in [0.2, 0.25) is 0 Å². The number of carbonyl (C=O) groups is 2. The number of urea groups is 1. The minimum atomic E-state index is -0.374. The number of rotatable bonds is 3. The smallest absolute Gasteiger partial charge is 0.308 e. The lowest BCUT2D eigenvalue weighted by Crippen LogP contribution is -2.29. The van der Waals surface area contributed by atoms with Crippen LogP contribution >= 0.6 is 11.6 Å². The molecule has 0 unspecified atom stereocenters. The summed E-state index contributed by atoms with van der Waals surface area (Å²) < 4.78 is 0. The number of halogens is 1. The van der Waals surface area contributed by atoms with E-state index >= 15 is 0 Å². The average molecular weight is 392 g/mol. The molecule has 3 aromatic rings. The summed E-state index contributed by atoms with van der Waals surface area (Å²) in [5, 5.41) is 6.10. The Balaban J connectivity index is 1.50. The number of fused-ring (bicyclic) bond motifs is 1. The van der Waals surface area contributed by atoms with E-state index in [0.29, 0.717) is 28.5 Å². The number of benzene rings is 3. The lowest BCUT2D eigenvalue weighted by Gasteiger charge is -2.18. The molecule has 1 aliphatic heterocycles. The molecule has 4 rings (SSSR count). The minimum absolute atomic E-state index is 0.0418. The lowest BCUT2D eigenvalue weighted by molar-refractivity contribution is 0.0989. The SMILES string of the molecule is O=C(Nc1cccc(Cl)c1)Nc1ccc2c(c1)N(C(=O)c1ccccc1)CC2. The number of carbonyl (C=O) groups excluding carboxylic acids is 2. The van der Waals surface area contributed by atoms with Crippen molar-refractivity contribution in [2.75, 3.05) is 22.1 Å². The van der Waals surface area contributed by atoms with Crippen LogP contribution in [0.2, 0.25) is 5.02 Å². The zero-order chi connectivity index (χ0) is 19.5. The van der Waals surface area contributed by atoms with Crippen molar-refractivity contribution in [3.8, 4) is 0 Å². The fourth-order valence-corrected chi connectivity index (χ4v) is 3.45. The molecule has 1 heterocycles. The van der Waals surface area contributed by atoms with Crippen LogP contribution in [0.15, 0.2) is 72.8 Å². The van der Waals surface area contributed by atoms with Gasteiger partial charge in [0.15, 0.2) is 0 Å². The van der Waals surface area contributed by atoms with Gasteiger partial charge in [0.05, 0.1) is 0 Å². The van der Waals surface area contributed by atoms with Crippen LogP contribution in [0.3, 0.4) is 0 Å². The van der Waals surface area contributed by atoms with E-state index < -0.39 is 0 Å². The highest BCUT2D eigenvalue weighted by Crippen LogP contribution is 2.32. The van der Waals surface area contributed by atoms with Crippen molar-refractivity contribution in [1.29, 1.82) is 0 Å². The van der Waals surface area contributed by atoms with E-state index in [0.717, 1.165) is 17.7 Å². The van der Waals surface area contributed by atoms with Gasteiger partial charge in [-0.1, -0.05) is 41.9 Å². The molecule has 6 heteroatoms. The number of hydrogen-bond acceptors (Lipinski definition) is 2. The first-order valence-corrected chi connectivity index (χ1v) is 9.31. The average Bonchev–Trinajstić information content (AvgIpc) is 3.11. The first-order chi connectivity index (χ1) is 13.6. The maximum Gasteiger partial charge on any atom is 0.323 e. The van der Waals surface area contributed by atoms with E-state index in [1.165, 1.54) is 0 Å². The number of nitrogens with one attached hydrogen (secondary N) is 2. The molecule has 3 aromatic carbocycles. The third kappa shape index (κ3) is 3.85. The van der Waals surface area contributed by atoms with E-state index in [9.17, 15) is 9.59 Å². The van der Waals surface area contributed by atoms with Gasteiger partial charge in [-0.3, -0.25) is 4.79 Å². The summed E-state index contributed by atoms with van der Waals surface area (Å²) >= 11 is 5.94. The summed E-state index contributed by atoms with van der Waals surface area (Å²) in [5.74, 6) is -0.0418. The first-order valence-electron chi connectivity index (χ1n) is 8.93. The Morgan fingerprint density at radius 2 is 1.61 bits per heavy atom. The molecule has 0 atom stereocenters. The Hall–Kier alpha value is -3.31. The van der Waals surface area contributed by atoms with Crippen LogP contribution < -0.4 is 15.5 Å². The van der Waals surface area contributed by atoms with Gasteiger partial charge < -0.3 is 15.5 Å². The monoisotopic (exact) mass is 391 g/mol. The Kier molecular flexibility index (Phi) is 5.00. The molecular formula is C22H18ClN3O2. The Bertz CT molecular complexity index is 1040. The molecule has 5 nitrogen and oxygen atoms in total. The van der Waals surface area contributed by atoms with Crippen LogP contribution in [0, 0.1) is 0 Å². The molecule has 1 aliphatic rings. The van der Waals surface area contributed by atoms with Gasteiger partial charge in [-0.2, -0.15) is 0 Å². The fraction of sp³-hybridized carbons (Fsp3) is 0.0909. The van der Waals surface area contributed by atoms with Crippen LogP contribution in [-0.2, 0) is 6.42 Å². The van der Waals surface area contributed by atoms with Crippen molar-refractivity contribution in [3.05, 3.63) is 88.9 Å². The molecule has 0 aromatic heterocycles. The van der Waals surface area contributed by atoms with Crippen LogP contribution in [0.5, 0.6) is 0 Å². The third-order valence-electron chi connectivity index (χ3n) is 4.59. The zero-order valence-corrected chi connectivity index (χ0v) is 15.7. The summed E-state index contributed by atoms with van der Waals surface area (Å²) in [7, 11) is 0. The van der Waals surface area contributed by atoms with Gasteiger partial charge >= 0.3 is 6.03 Å². The van der Waals surface area contributed by atoms with Crippen molar-refractivity contribution in [2.24, 2.45) is 0 Å².